The topological polar surface area (TPSA) is 86.7 Å². The van der Waals surface area contributed by atoms with E-state index >= 15 is 0 Å². The molecule has 0 aliphatic carbocycles. The van der Waals surface area contributed by atoms with E-state index in [9.17, 15) is 24.6 Å². The van der Waals surface area contributed by atoms with Gasteiger partial charge in [0.05, 0.1) is 0 Å². The largest absolute Gasteiger partial charge is 0.440 e. The van der Waals surface area contributed by atoms with Crippen molar-refractivity contribution in [3.63, 3.8) is 0 Å². The molecule has 0 aromatic heterocycles. The molecule has 0 aromatic carbocycles. The summed E-state index contributed by atoms with van der Waals surface area (Å²) in [5.41, 5.74) is 0. The van der Waals surface area contributed by atoms with Crippen molar-refractivity contribution in [3.05, 3.63) is 0 Å². The zero-order valence-electron chi connectivity index (χ0n) is 5.93. The Bertz CT molecular complexity index is 341. The highest BCUT2D eigenvalue weighted by Gasteiger charge is 2.30. The summed E-state index contributed by atoms with van der Waals surface area (Å²) < 4.78 is 69.5. The highest BCUT2D eigenvalue weighted by atomic mass is 35.5. The van der Waals surface area contributed by atoms with Gasteiger partial charge in [-0.2, -0.15) is 16.8 Å². The van der Waals surface area contributed by atoms with Gasteiger partial charge >= 0.3 is 21.0 Å². The third kappa shape index (κ3) is 7.64. The summed E-state index contributed by atoms with van der Waals surface area (Å²) >= 11 is 9.82. The minimum absolute atomic E-state index is 1.92. The van der Waals surface area contributed by atoms with Crippen molar-refractivity contribution in [2.24, 2.45) is 0 Å². The molecule has 0 spiro atoms. The first kappa shape index (κ1) is 14.3. The van der Waals surface area contributed by atoms with Gasteiger partial charge in [0.2, 0.25) is 6.29 Å². The van der Waals surface area contributed by atoms with Crippen LogP contribution >= 0.6 is 23.2 Å². The summed E-state index contributed by atoms with van der Waals surface area (Å²) in [6.07, 6.45) is -2.52. The fourth-order valence-electron chi connectivity index (χ4n) is 0.327. The minimum Gasteiger partial charge on any atom is -0.208 e. The second kappa shape index (κ2) is 4.86. The fourth-order valence-corrected chi connectivity index (χ4v) is 1.58. The Balaban J connectivity index is 4.64. The minimum atomic E-state index is -5.57. The highest BCUT2D eigenvalue weighted by molar-refractivity contribution is 7.82. The number of hydrogen-bond acceptors (Lipinski definition) is 6. The molecule has 0 N–H and O–H groups in total. The van der Waals surface area contributed by atoms with Crippen LogP contribution in [0.5, 0.6) is 0 Å². The normalized spacial score (nSPS) is 13.9. The van der Waals surface area contributed by atoms with Crippen LogP contribution in [0.15, 0.2) is 0 Å². The summed E-state index contributed by atoms with van der Waals surface area (Å²) in [7, 11) is -11.1. The van der Waals surface area contributed by atoms with Crippen LogP contribution < -0.4 is 0 Å². The second-order valence-corrected chi connectivity index (χ2v) is 4.80. The molecule has 0 heterocycles. The predicted molar refractivity (Wildman–Crippen MR) is 41.5 cm³/mol. The van der Waals surface area contributed by atoms with Crippen LogP contribution in [0.2, 0.25) is 0 Å². The van der Waals surface area contributed by atoms with E-state index in [2.05, 4.69) is 8.37 Å². The molecule has 0 aliphatic rings. The zero-order chi connectivity index (χ0) is 11.6. The van der Waals surface area contributed by atoms with Crippen molar-refractivity contribution in [3.8, 4) is 0 Å². The Morgan fingerprint density at radius 1 is 0.929 bits per heavy atom. The van der Waals surface area contributed by atoms with E-state index in [4.69, 9.17) is 23.2 Å². The first-order chi connectivity index (χ1) is 6.01. The molecule has 86 valence electrons. The van der Waals surface area contributed by atoms with Crippen LogP contribution in [0.4, 0.5) is 7.77 Å². The molecule has 0 saturated carbocycles. The van der Waals surface area contributed by atoms with Crippen LogP contribution in [0.25, 0.3) is 0 Å². The first-order valence-corrected chi connectivity index (χ1v) is 6.04. The lowest BCUT2D eigenvalue weighted by molar-refractivity contribution is 0.0191. The summed E-state index contributed by atoms with van der Waals surface area (Å²) in [5, 5.41) is 0. The maximum atomic E-state index is 11.8. The van der Waals surface area contributed by atoms with Gasteiger partial charge in [-0.1, -0.05) is 31.0 Å². The Hall–Kier alpha value is 0.260. The molecule has 12 heteroatoms. The van der Waals surface area contributed by atoms with E-state index < -0.39 is 32.1 Å². The van der Waals surface area contributed by atoms with Gasteiger partial charge in [0.1, 0.15) is 0 Å². The van der Waals surface area contributed by atoms with E-state index in [1.54, 1.807) is 0 Å². The third-order valence-electron chi connectivity index (χ3n) is 0.625. The Morgan fingerprint density at radius 3 is 1.36 bits per heavy atom. The van der Waals surface area contributed by atoms with Gasteiger partial charge in [0, 0.05) is 0 Å². The number of hydrogen-bond donors (Lipinski definition) is 0. The van der Waals surface area contributed by atoms with Gasteiger partial charge in [-0.25, -0.2) is 8.37 Å². The van der Waals surface area contributed by atoms with E-state index in [0.29, 0.717) is 0 Å². The van der Waals surface area contributed by atoms with Gasteiger partial charge in [0.25, 0.3) is 0 Å². The number of alkyl halides is 2. The third-order valence-corrected chi connectivity index (χ3v) is 1.88. The standard InChI is InChI=1S/C2H2Cl2F2O6S2/c3-1(4)2(11-13(5,7)8)12-14(6,9)10/h1-2H. The van der Waals surface area contributed by atoms with Crippen molar-refractivity contribution >= 4 is 44.2 Å². The quantitative estimate of drug-likeness (QED) is 0.419. The van der Waals surface area contributed by atoms with E-state index in [1.165, 1.54) is 0 Å². The van der Waals surface area contributed by atoms with Crippen molar-refractivity contribution in [2.75, 3.05) is 0 Å². The summed E-state index contributed by atoms with van der Waals surface area (Å²) in [6, 6.07) is 0. The van der Waals surface area contributed by atoms with Gasteiger partial charge in [0.15, 0.2) is 4.84 Å². The van der Waals surface area contributed by atoms with E-state index in [1.807, 2.05) is 0 Å². The second-order valence-electron chi connectivity index (χ2n) is 1.68. The van der Waals surface area contributed by atoms with E-state index in [-0.39, 0.29) is 0 Å². The molecule has 6 nitrogen and oxygen atoms in total. The SMILES string of the molecule is O=S(=O)(F)OC(OS(=O)(=O)F)C(Cl)Cl. The number of halogens is 4. The van der Waals surface area contributed by atoms with Crippen LogP contribution in [0.1, 0.15) is 0 Å². The molecule has 14 heavy (non-hydrogen) atoms. The lowest BCUT2D eigenvalue weighted by Gasteiger charge is -2.12. The summed E-state index contributed by atoms with van der Waals surface area (Å²) in [5.74, 6) is 0. The van der Waals surface area contributed by atoms with Crippen LogP contribution in [0.3, 0.4) is 0 Å². The monoisotopic (exact) mass is 294 g/mol. The van der Waals surface area contributed by atoms with Gasteiger partial charge in [-0.3, -0.25) is 0 Å². The van der Waals surface area contributed by atoms with Crippen LogP contribution in [0, 0.1) is 0 Å². The van der Waals surface area contributed by atoms with Crippen LogP contribution in [-0.2, 0) is 29.4 Å². The van der Waals surface area contributed by atoms with Crippen molar-refractivity contribution in [1.29, 1.82) is 0 Å². The molecule has 0 fully saturated rings. The van der Waals surface area contributed by atoms with Gasteiger partial charge in [-0.15, -0.1) is 0 Å². The predicted octanol–water partition coefficient (Wildman–Crippen LogP) is 0.578. The number of rotatable bonds is 5. The average Bonchev–Trinajstić information content (AvgIpc) is 1.78. The van der Waals surface area contributed by atoms with Crippen molar-refractivity contribution < 1.29 is 33.0 Å². The lowest BCUT2D eigenvalue weighted by Crippen LogP contribution is -2.27. The summed E-state index contributed by atoms with van der Waals surface area (Å²) in [6.45, 7) is 0. The van der Waals surface area contributed by atoms with E-state index in [0.717, 1.165) is 0 Å². The molecule has 0 aliphatic heterocycles. The maximum absolute atomic E-state index is 11.8. The molecule has 0 atom stereocenters. The molecular weight excluding hydrogens is 293 g/mol. The highest BCUT2D eigenvalue weighted by Crippen LogP contribution is 2.18. The molecular formula is C2H2Cl2F2O6S2. The molecule has 0 bridgehead atoms. The Kier molecular flexibility index (Phi) is 4.95. The molecule has 0 aromatic rings. The zero-order valence-corrected chi connectivity index (χ0v) is 9.08. The first-order valence-electron chi connectivity index (χ1n) is 2.55. The average molecular weight is 295 g/mol. The van der Waals surface area contributed by atoms with Gasteiger partial charge in [-0.05, 0) is 0 Å². The Morgan fingerprint density at radius 2 is 1.21 bits per heavy atom. The summed E-state index contributed by atoms with van der Waals surface area (Å²) in [4.78, 5) is -1.92. The molecule has 0 radical (unpaired) electrons. The van der Waals surface area contributed by atoms with Crippen molar-refractivity contribution in [1.82, 2.24) is 0 Å². The van der Waals surface area contributed by atoms with Crippen LogP contribution in [-0.4, -0.2) is 28.0 Å². The molecule has 0 unspecified atom stereocenters. The Labute approximate surface area is 88.5 Å². The molecule has 0 rings (SSSR count). The smallest absolute Gasteiger partial charge is 0.208 e. The molecule has 0 amide bonds. The molecule has 0 saturated heterocycles. The fraction of sp³-hybridized carbons (Fsp3) is 1.00. The maximum Gasteiger partial charge on any atom is 0.440 e. The lowest BCUT2D eigenvalue weighted by atomic mass is 10.8. The van der Waals surface area contributed by atoms with Crippen molar-refractivity contribution in [2.45, 2.75) is 11.1 Å². The van der Waals surface area contributed by atoms with Gasteiger partial charge < -0.3 is 0 Å².